The number of hydrogen-bond acceptors (Lipinski definition) is 7. The van der Waals surface area contributed by atoms with E-state index in [9.17, 15) is 9.90 Å². The van der Waals surface area contributed by atoms with E-state index in [1.54, 1.807) is 38.3 Å². The van der Waals surface area contributed by atoms with Gasteiger partial charge in [0.1, 0.15) is 29.3 Å². The molecule has 22 heavy (non-hydrogen) atoms. The molecule has 2 atom stereocenters. The first-order valence-electron chi connectivity index (χ1n) is 6.61. The smallest absolute Gasteiger partial charge is 0.325 e. The van der Waals surface area contributed by atoms with Crippen molar-refractivity contribution < 1.29 is 23.9 Å². The van der Waals surface area contributed by atoms with Crippen LogP contribution in [-0.2, 0) is 9.53 Å². The van der Waals surface area contributed by atoms with E-state index >= 15 is 0 Å². The van der Waals surface area contributed by atoms with Gasteiger partial charge in [0.15, 0.2) is 0 Å². The summed E-state index contributed by atoms with van der Waals surface area (Å²) in [5, 5.41) is 14.3. The first kappa shape index (κ1) is 16.0. The van der Waals surface area contributed by atoms with Crippen LogP contribution < -0.4 is 10.5 Å². The van der Waals surface area contributed by atoms with Gasteiger partial charge in [0.25, 0.3) is 0 Å². The third-order valence-electron chi connectivity index (χ3n) is 3.38. The maximum Gasteiger partial charge on any atom is 0.325 e. The molecule has 7 heteroatoms. The number of carbonyl (C=O) groups excluding carboxylic acids is 1. The van der Waals surface area contributed by atoms with Crippen LogP contribution in [0.4, 0.5) is 0 Å². The molecule has 3 N–H and O–H groups in total. The second kappa shape index (κ2) is 6.59. The highest BCUT2D eigenvalue weighted by molar-refractivity contribution is 5.77. The number of rotatable bonds is 5. The van der Waals surface area contributed by atoms with Gasteiger partial charge >= 0.3 is 5.97 Å². The number of carbonyl (C=O) groups is 1. The Morgan fingerprint density at radius 2 is 1.95 bits per heavy atom. The highest BCUT2D eigenvalue weighted by Gasteiger charge is 2.31. The minimum atomic E-state index is -1.28. The van der Waals surface area contributed by atoms with Crippen molar-refractivity contribution in [3.05, 3.63) is 35.6 Å². The number of nitrogens with two attached hydrogens (primary N) is 1. The van der Waals surface area contributed by atoms with Crippen LogP contribution in [0.5, 0.6) is 5.75 Å². The quantitative estimate of drug-likeness (QED) is 0.799. The molecule has 0 aliphatic rings. The highest BCUT2D eigenvalue weighted by Crippen LogP contribution is 2.32. The summed E-state index contributed by atoms with van der Waals surface area (Å²) >= 11 is 0. The van der Waals surface area contributed by atoms with Crippen LogP contribution >= 0.6 is 0 Å². The summed E-state index contributed by atoms with van der Waals surface area (Å²) in [6, 6.07) is 5.84. The maximum absolute atomic E-state index is 11.5. The lowest BCUT2D eigenvalue weighted by Crippen LogP contribution is -2.37. The molecule has 2 aromatic rings. The van der Waals surface area contributed by atoms with Crippen LogP contribution in [0.2, 0.25) is 0 Å². The number of methoxy groups -OCH3 is 2. The van der Waals surface area contributed by atoms with E-state index in [4.69, 9.17) is 15.0 Å². The minimum Gasteiger partial charge on any atom is -0.497 e. The van der Waals surface area contributed by atoms with E-state index in [-0.39, 0.29) is 0 Å². The molecule has 0 saturated heterocycles. The SMILES string of the molecule is COC(=O)[C@H](N)[C@@H](O)c1c(-c2ccc(OC)cc2)noc1C. The molecule has 0 amide bonds. The molecule has 118 valence electrons. The van der Waals surface area contributed by atoms with Crippen molar-refractivity contribution in [3.8, 4) is 17.0 Å². The highest BCUT2D eigenvalue weighted by atomic mass is 16.5. The molecule has 0 saturated carbocycles. The summed E-state index contributed by atoms with van der Waals surface area (Å²) < 4.78 is 14.8. The lowest BCUT2D eigenvalue weighted by Gasteiger charge is -2.17. The molecule has 0 aliphatic heterocycles. The molecule has 2 rings (SSSR count). The lowest BCUT2D eigenvalue weighted by molar-refractivity contribution is -0.145. The number of aliphatic hydroxyl groups is 1. The molecule has 0 unspecified atom stereocenters. The fourth-order valence-corrected chi connectivity index (χ4v) is 2.13. The van der Waals surface area contributed by atoms with Gasteiger partial charge in [-0.15, -0.1) is 0 Å². The summed E-state index contributed by atoms with van der Waals surface area (Å²) in [4.78, 5) is 11.5. The molecule has 7 nitrogen and oxygen atoms in total. The fourth-order valence-electron chi connectivity index (χ4n) is 2.13. The van der Waals surface area contributed by atoms with Gasteiger partial charge in [-0.3, -0.25) is 4.79 Å². The van der Waals surface area contributed by atoms with Crippen molar-refractivity contribution in [2.24, 2.45) is 5.73 Å². The van der Waals surface area contributed by atoms with E-state index in [1.165, 1.54) is 7.11 Å². The van der Waals surface area contributed by atoms with Gasteiger partial charge in [-0.1, -0.05) is 5.16 Å². The topological polar surface area (TPSA) is 108 Å². The Labute approximate surface area is 127 Å². The Balaban J connectivity index is 2.40. The summed E-state index contributed by atoms with van der Waals surface area (Å²) in [7, 11) is 2.78. The average molecular weight is 306 g/mol. The number of aliphatic hydroxyl groups excluding tert-OH is 1. The third kappa shape index (κ3) is 2.95. The Morgan fingerprint density at radius 1 is 1.32 bits per heavy atom. The number of esters is 1. The zero-order valence-corrected chi connectivity index (χ0v) is 12.6. The predicted octanol–water partition coefficient (Wildman–Crippen LogP) is 1.19. The Hall–Kier alpha value is -2.38. The Bertz CT molecular complexity index is 650. The Morgan fingerprint density at radius 3 is 2.50 bits per heavy atom. The molecule has 1 heterocycles. The second-order valence-electron chi connectivity index (χ2n) is 4.72. The van der Waals surface area contributed by atoms with Gasteiger partial charge in [-0.2, -0.15) is 0 Å². The van der Waals surface area contributed by atoms with Gasteiger partial charge in [0, 0.05) is 5.56 Å². The first-order valence-corrected chi connectivity index (χ1v) is 6.61. The van der Waals surface area contributed by atoms with Crippen molar-refractivity contribution in [2.75, 3.05) is 14.2 Å². The van der Waals surface area contributed by atoms with Crippen LogP contribution in [0.15, 0.2) is 28.8 Å². The standard InChI is InChI=1S/C15H18N2O5/c1-8-11(14(18)12(16)15(19)21-3)13(17-22-8)9-4-6-10(20-2)7-5-9/h4-7,12,14,18H,16H2,1-3H3/t12-,14+/m1/s1. The second-order valence-corrected chi connectivity index (χ2v) is 4.72. The van der Waals surface area contributed by atoms with Gasteiger partial charge < -0.3 is 24.8 Å². The van der Waals surface area contributed by atoms with Crippen molar-refractivity contribution in [1.82, 2.24) is 5.16 Å². The molecular formula is C15H18N2O5. The van der Waals surface area contributed by atoms with Crippen molar-refractivity contribution in [2.45, 2.75) is 19.1 Å². The lowest BCUT2D eigenvalue weighted by atomic mass is 9.97. The normalized spacial score (nSPS) is 13.5. The van der Waals surface area contributed by atoms with Crippen LogP contribution in [0, 0.1) is 6.92 Å². The number of aryl methyl sites for hydroxylation is 1. The minimum absolute atomic E-state index is 0.364. The van der Waals surface area contributed by atoms with Crippen molar-refractivity contribution in [3.63, 3.8) is 0 Å². The van der Waals surface area contributed by atoms with E-state index in [2.05, 4.69) is 9.89 Å². The molecule has 0 aliphatic carbocycles. The average Bonchev–Trinajstić information content (AvgIpc) is 2.94. The van der Waals surface area contributed by atoms with E-state index in [1.807, 2.05) is 0 Å². The summed E-state index contributed by atoms with van der Waals surface area (Å²) in [6.07, 6.45) is -1.28. The van der Waals surface area contributed by atoms with Gasteiger partial charge in [0.2, 0.25) is 0 Å². The molecule has 0 bridgehead atoms. The molecule has 0 fully saturated rings. The fraction of sp³-hybridized carbons (Fsp3) is 0.333. The summed E-state index contributed by atoms with van der Waals surface area (Å²) in [6.45, 7) is 1.64. The van der Waals surface area contributed by atoms with Crippen LogP contribution in [-0.4, -0.2) is 36.5 Å². The maximum atomic E-state index is 11.5. The van der Waals surface area contributed by atoms with Gasteiger partial charge in [0.05, 0.1) is 19.8 Å². The number of nitrogens with zero attached hydrogens (tertiary/aromatic N) is 1. The van der Waals surface area contributed by atoms with Gasteiger partial charge in [-0.05, 0) is 31.2 Å². The number of ether oxygens (including phenoxy) is 2. The number of hydrogen-bond donors (Lipinski definition) is 2. The zero-order chi connectivity index (χ0) is 16.3. The third-order valence-corrected chi connectivity index (χ3v) is 3.38. The van der Waals surface area contributed by atoms with E-state index in [0.29, 0.717) is 28.3 Å². The molecule has 1 aromatic heterocycles. The van der Waals surface area contributed by atoms with E-state index < -0.39 is 18.1 Å². The largest absolute Gasteiger partial charge is 0.497 e. The summed E-state index contributed by atoms with van der Waals surface area (Å²) in [5.41, 5.74) is 7.21. The van der Waals surface area contributed by atoms with Crippen LogP contribution in [0.3, 0.4) is 0 Å². The zero-order valence-electron chi connectivity index (χ0n) is 12.6. The van der Waals surface area contributed by atoms with Crippen LogP contribution in [0.1, 0.15) is 17.4 Å². The summed E-state index contributed by atoms with van der Waals surface area (Å²) in [5.74, 6) is 0.365. The molecular weight excluding hydrogens is 288 g/mol. The number of benzene rings is 1. The van der Waals surface area contributed by atoms with Crippen molar-refractivity contribution >= 4 is 5.97 Å². The predicted molar refractivity (Wildman–Crippen MR) is 78.2 cm³/mol. The first-order chi connectivity index (χ1) is 10.5. The molecule has 1 aromatic carbocycles. The van der Waals surface area contributed by atoms with Gasteiger partial charge in [-0.25, -0.2) is 0 Å². The van der Waals surface area contributed by atoms with E-state index in [0.717, 1.165) is 0 Å². The van der Waals surface area contributed by atoms with Crippen LogP contribution in [0.25, 0.3) is 11.3 Å². The molecule has 0 spiro atoms. The molecule has 0 radical (unpaired) electrons. The number of aromatic nitrogens is 1. The Kier molecular flexibility index (Phi) is 4.79. The monoisotopic (exact) mass is 306 g/mol. The van der Waals surface area contributed by atoms with Crippen molar-refractivity contribution in [1.29, 1.82) is 0 Å².